The van der Waals surface area contributed by atoms with E-state index in [1.807, 2.05) is 30.9 Å². The van der Waals surface area contributed by atoms with Gasteiger partial charge >= 0.3 is 0 Å². The lowest BCUT2D eigenvalue weighted by atomic mass is 10.2. The van der Waals surface area contributed by atoms with E-state index in [0.29, 0.717) is 60.4 Å². The molecule has 1 aliphatic heterocycles. The molecular weight excluding hydrogens is 506 g/mol. The van der Waals surface area contributed by atoms with Crippen LogP contribution in [-0.2, 0) is 4.74 Å². The SMILES string of the molecule is CN(C)CCCN(C)c1ncc(N)cc1-c1nc(N2CCOCC2)nc(-n2c(C(F)F)nc3ccccc32)n1. The highest BCUT2D eigenvalue weighted by molar-refractivity contribution is 5.78. The maximum atomic E-state index is 14.2. The number of ether oxygens (including phenoxy) is 1. The third-order valence-electron chi connectivity index (χ3n) is 6.48. The molecule has 1 fully saturated rings. The predicted molar refractivity (Wildman–Crippen MR) is 147 cm³/mol. The summed E-state index contributed by atoms with van der Waals surface area (Å²) in [5.41, 5.74) is 8.08. The zero-order valence-electron chi connectivity index (χ0n) is 22.3. The second kappa shape index (κ2) is 11.4. The number of hydrogen-bond donors (Lipinski definition) is 1. The minimum absolute atomic E-state index is 0.0501. The van der Waals surface area contributed by atoms with Crippen molar-refractivity contribution in [3.63, 3.8) is 0 Å². The number of halogens is 2. The lowest BCUT2D eigenvalue weighted by Gasteiger charge is -2.27. The Bertz CT molecular complexity index is 1440. The fourth-order valence-electron chi connectivity index (χ4n) is 4.55. The molecule has 4 heterocycles. The molecule has 0 aliphatic carbocycles. The lowest BCUT2D eigenvalue weighted by molar-refractivity contribution is 0.122. The van der Waals surface area contributed by atoms with E-state index in [9.17, 15) is 8.78 Å². The van der Waals surface area contributed by atoms with Gasteiger partial charge in [0, 0.05) is 26.7 Å². The van der Waals surface area contributed by atoms with Gasteiger partial charge in [0.05, 0.1) is 41.7 Å². The summed E-state index contributed by atoms with van der Waals surface area (Å²) in [4.78, 5) is 29.0. The van der Waals surface area contributed by atoms with Crippen molar-refractivity contribution in [1.29, 1.82) is 0 Å². The molecule has 0 spiro atoms. The molecule has 1 aromatic carbocycles. The van der Waals surface area contributed by atoms with Crippen molar-refractivity contribution in [2.24, 2.45) is 0 Å². The molecular formula is C26H32F2N10O. The first kappa shape index (κ1) is 26.6. The van der Waals surface area contributed by atoms with Crippen LogP contribution in [0.2, 0.25) is 0 Å². The molecule has 39 heavy (non-hydrogen) atoms. The molecule has 2 N–H and O–H groups in total. The number of nitrogens with two attached hydrogens (primary N) is 1. The summed E-state index contributed by atoms with van der Waals surface area (Å²) >= 11 is 0. The van der Waals surface area contributed by atoms with Gasteiger partial charge in [0.1, 0.15) is 5.82 Å². The van der Waals surface area contributed by atoms with Crippen LogP contribution in [-0.4, -0.2) is 94.9 Å². The van der Waals surface area contributed by atoms with Gasteiger partial charge in [0.15, 0.2) is 11.6 Å². The number of alkyl halides is 2. The molecule has 5 rings (SSSR count). The van der Waals surface area contributed by atoms with Crippen molar-refractivity contribution >= 4 is 28.5 Å². The number of hydrogen-bond acceptors (Lipinski definition) is 10. The van der Waals surface area contributed by atoms with Crippen LogP contribution in [0.25, 0.3) is 28.4 Å². The normalized spacial score (nSPS) is 14.1. The largest absolute Gasteiger partial charge is 0.397 e. The van der Waals surface area contributed by atoms with Crippen LogP contribution in [0.5, 0.6) is 0 Å². The smallest absolute Gasteiger partial charge is 0.296 e. The van der Waals surface area contributed by atoms with E-state index in [4.69, 9.17) is 20.4 Å². The summed E-state index contributed by atoms with van der Waals surface area (Å²) in [5.74, 6) is 0.897. The Morgan fingerprint density at radius 1 is 1.00 bits per heavy atom. The van der Waals surface area contributed by atoms with Gasteiger partial charge in [0.25, 0.3) is 6.43 Å². The average molecular weight is 539 g/mol. The monoisotopic (exact) mass is 538 g/mol. The molecule has 4 aromatic rings. The average Bonchev–Trinajstić information content (AvgIpc) is 3.33. The van der Waals surface area contributed by atoms with Crippen molar-refractivity contribution in [3.05, 3.63) is 42.4 Å². The van der Waals surface area contributed by atoms with Gasteiger partial charge in [-0.15, -0.1) is 0 Å². The minimum atomic E-state index is -2.84. The van der Waals surface area contributed by atoms with Gasteiger partial charge in [-0.1, -0.05) is 12.1 Å². The fourth-order valence-corrected chi connectivity index (χ4v) is 4.55. The molecule has 0 atom stereocenters. The van der Waals surface area contributed by atoms with Crippen molar-refractivity contribution < 1.29 is 13.5 Å². The van der Waals surface area contributed by atoms with Crippen molar-refractivity contribution in [3.8, 4) is 17.3 Å². The number of aromatic nitrogens is 6. The van der Waals surface area contributed by atoms with Gasteiger partial charge in [-0.05, 0) is 45.3 Å². The Balaban J connectivity index is 1.68. The van der Waals surface area contributed by atoms with E-state index in [0.717, 1.165) is 19.5 Å². The van der Waals surface area contributed by atoms with E-state index >= 15 is 0 Å². The standard InChI is InChI=1S/C26H32F2N10O/c1-35(2)9-6-10-36(3)23-18(15-17(29)16-30-23)22-32-25(37-11-13-39-14-12-37)34-26(33-22)38-20-8-5-4-7-19(20)31-24(38)21(27)28/h4-5,7-8,15-16,21H,6,9-14,29H2,1-3H3. The summed E-state index contributed by atoms with van der Waals surface area (Å²) in [6.45, 7) is 3.77. The van der Waals surface area contributed by atoms with Crippen molar-refractivity contribution in [2.75, 3.05) is 76.1 Å². The summed E-state index contributed by atoms with van der Waals surface area (Å²) in [7, 11) is 6.00. The third-order valence-corrected chi connectivity index (χ3v) is 6.48. The van der Waals surface area contributed by atoms with Crippen LogP contribution in [0.4, 0.5) is 26.2 Å². The number of para-hydroxylation sites is 2. The molecule has 0 bridgehead atoms. The summed E-state index contributed by atoms with van der Waals surface area (Å²) < 4.78 is 35.2. The maximum absolute atomic E-state index is 14.2. The molecule has 11 nitrogen and oxygen atoms in total. The number of morpholine rings is 1. The van der Waals surface area contributed by atoms with E-state index in [1.54, 1.807) is 36.5 Å². The molecule has 0 amide bonds. The van der Waals surface area contributed by atoms with Crippen LogP contribution in [0.1, 0.15) is 18.7 Å². The Hall–Kier alpha value is -3.97. The molecule has 0 unspecified atom stereocenters. The van der Waals surface area contributed by atoms with Crippen LogP contribution >= 0.6 is 0 Å². The molecule has 206 valence electrons. The number of pyridine rings is 1. The van der Waals surface area contributed by atoms with E-state index < -0.39 is 12.2 Å². The maximum Gasteiger partial charge on any atom is 0.296 e. The highest BCUT2D eigenvalue weighted by Crippen LogP contribution is 2.32. The van der Waals surface area contributed by atoms with E-state index in [-0.39, 0.29) is 11.8 Å². The van der Waals surface area contributed by atoms with Crippen LogP contribution in [0.3, 0.4) is 0 Å². The van der Waals surface area contributed by atoms with Crippen LogP contribution < -0.4 is 15.5 Å². The van der Waals surface area contributed by atoms with Crippen molar-refractivity contribution in [2.45, 2.75) is 12.8 Å². The summed E-state index contributed by atoms with van der Waals surface area (Å²) in [6.07, 6.45) is -0.336. The minimum Gasteiger partial charge on any atom is -0.397 e. The highest BCUT2D eigenvalue weighted by atomic mass is 19.3. The second-order valence-electron chi connectivity index (χ2n) is 9.67. The Kier molecular flexibility index (Phi) is 7.79. The predicted octanol–water partition coefficient (Wildman–Crippen LogP) is 3.02. The number of benzene rings is 1. The molecule has 0 saturated carbocycles. The van der Waals surface area contributed by atoms with Crippen LogP contribution in [0.15, 0.2) is 36.5 Å². The lowest BCUT2D eigenvalue weighted by Crippen LogP contribution is -2.37. The fraction of sp³-hybridized carbons (Fsp3) is 0.423. The molecule has 3 aromatic heterocycles. The molecule has 1 saturated heterocycles. The number of nitrogens with zero attached hydrogens (tertiary/aromatic N) is 9. The molecule has 0 radical (unpaired) electrons. The Morgan fingerprint density at radius 3 is 2.49 bits per heavy atom. The highest BCUT2D eigenvalue weighted by Gasteiger charge is 2.26. The number of imidazole rings is 1. The first-order valence-electron chi connectivity index (χ1n) is 12.8. The van der Waals surface area contributed by atoms with Crippen molar-refractivity contribution in [1.82, 2.24) is 34.4 Å². The van der Waals surface area contributed by atoms with Gasteiger partial charge in [0.2, 0.25) is 11.9 Å². The quantitative estimate of drug-likeness (QED) is 0.341. The van der Waals surface area contributed by atoms with Gasteiger partial charge < -0.3 is 25.2 Å². The van der Waals surface area contributed by atoms with Gasteiger partial charge in [-0.2, -0.15) is 15.0 Å². The second-order valence-corrected chi connectivity index (χ2v) is 9.67. The first-order valence-corrected chi connectivity index (χ1v) is 12.8. The third kappa shape index (κ3) is 5.73. The summed E-state index contributed by atoms with van der Waals surface area (Å²) in [5, 5.41) is 0. The zero-order chi connectivity index (χ0) is 27.5. The number of rotatable bonds is 9. The Labute approximate surface area is 225 Å². The molecule has 1 aliphatic rings. The molecule has 13 heteroatoms. The van der Waals surface area contributed by atoms with Gasteiger partial charge in [-0.25, -0.2) is 18.7 Å². The van der Waals surface area contributed by atoms with E-state index in [2.05, 4.69) is 19.9 Å². The summed E-state index contributed by atoms with van der Waals surface area (Å²) in [6, 6.07) is 8.68. The van der Waals surface area contributed by atoms with Gasteiger partial charge in [-0.3, -0.25) is 4.57 Å². The number of fused-ring (bicyclic) bond motifs is 1. The first-order chi connectivity index (χ1) is 18.8. The zero-order valence-corrected chi connectivity index (χ0v) is 22.3. The Morgan fingerprint density at radius 2 is 1.74 bits per heavy atom. The van der Waals surface area contributed by atoms with E-state index in [1.165, 1.54) is 4.57 Å². The topological polar surface area (TPSA) is 114 Å². The number of anilines is 3. The van der Waals surface area contributed by atoms with Crippen LogP contribution in [0, 0.1) is 0 Å². The number of nitrogen functional groups attached to an aromatic ring is 1.